The minimum Gasteiger partial charge on any atom is -0.341 e. The topological polar surface area (TPSA) is 46.3 Å². The molecule has 0 spiro atoms. The van der Waals surface area contributed by atoms with E-state index in [1.54, 1.807) is 0 Å². The van der Waals surface area contributed by atoms with E-state index in [1.165, 1.54) is 0 Å². The second-order valence-electron chi connectivity index (χ2n) is 5.96. The van der Waals surface area contributed by atoms with Gasteiger partial charge in [-0.2, -0.15) is 0 Å². The first-order valence-electron chi connectivity index (χ1n) is 6.47. The molecular formula is C15H22N2O. The van der Waals surface area contributed by atoms with E-state index < -0.39 is 0 Å². The largest absolute Gasteiger partial charge is 0.341 e. The van der Waals surface area contributed by atoms with Crippen molar-refractivity contribution in [3.8, 4) is 0 Å². The molecule has 98 valence electrons. The highest BCUT2D eigenvalue weighted by Gasteiger charge is 2.51. The van der Waals surface area contributed by atoms with Gasteiger partial charge < -0.3 is 10.6 Å². The second-order valence-corrected chi connectivity index (χ2v) is 5.96. The third kappa shape index (κ3) is 2.72. The number of carbonyl (C=O) groups excluding carboxylic acids is 1. The molecule has 0 aromatic heterocycles. The molecule has 2 rings (SSSR count). The fourth-order valence-corrected chi connectivity index (χ4v) is 2.29. The second kappa shape index (κ2) is 4.73. The third-order valence-corrected chi connectivity index (χ3v) is 3.87. The Morgan fingerprint density at radius 2 is 1.83 bits per heavy atom. The number of carbonyl (C=O) groups is 1. The molecule has 1 aliphatic rings. The molecule has 1 amide bonds. The molecule has 1 unspecified atom stereocenters. The van der Waals surface area contributed by atoms with E-state index in [0.29, 0.717) is 13.1 Å². The van der Waals surface area contributed by atoms with Gasteiger partial charge in [0.05, 0.1) is 0 Å². The van der Waals surface area contributed by atoms with Gasteiger partial charge in [-0.15, -0.1) is 0 Å². The molecule has 0 radical (unpaired) electrons. The van der Waals surface area contributed by atoms with Crippen molar-refractivity contribution in [1.29, 1.82) is 0 Å². The number of rotatable bonds is 4. The third-order valence-electron chi connectivity index (χ3n) is 3.87. The molecule has 0 bridgehead atoms. The summed E-state index contributed by atoms with van der Waals surface area (Å²) in [5.41, 5.74) is 8.04. The molecule has 3 heteroatoms. The van der Waals surface area contributed by atoms with E-state index in [0.717, 1.165) is 17.5 Å². The Kier molecular flexibility index (Phi) is 3.44. The normalized spacial score (nSPS) is 20.6. The molecule has 1 atom stereocenters. The monoisotopic (exact) mass is 246 g/mol. The van der Waals surface area contributed by atoms with Crippen LogP contribution in [0.1, 0.15) is 31.4 Å². The maximum Gasteiger partial charge on any atom is 0.226 e. The maximum atomic E-state index is 12.2. The minimum atomic E-state index is 0.203. The van der Waals surface area contributed by atoms with Crippen LogP contribution in [-0.4, -0.2) is 17.9 Å². The Morgan fingerprint density at radius 1 is 1.33 bits per heavy atom. The lowest BCUT2D eigenvalue weighted by molar-refractivity contribution is -0.132. The maximum absolute atomic E-state index is 12.2. The molecule has 0 heterocycles. The summed E-state index contributed by atoms with van der Waals surface area (Å²) in [6.45, 7) is 5.54. The number of amides is 1. The van der Waals surface area contributed by atoms with Crippen molar-refractivity contribution in [2.24, 2.45) is 17.1 Å². The Morgan fingerprint density at radius 3 is 2.28 bits per heavy atom. The van der Waals surface area contributed by atoms with Crippen LogP contribution in [0.25, 0.3) is 0 Å². The lowest BCUT2D eigenvalue weighted by Crippen LogP contribution is -2.28. The van der Waals surface area contributed by atoms with Crippen LogP contribution in [-0.2, 0) is 17.9 Å². The van der Waals surface area contributed by atoms with Crippen molar-refractivity contribution in [3.63, 3.8) is 0 Å². The standard InChI is InChI=1S/C15H22N2O/c1-15(2)8-13(15)14(18)17(3)10-12-6-4-11(9-16)5-7-12/h4-7,13H,8-10,16H2,1-3H3. The van der Waals surface area contributed by atoms with Crippen molar-refractivity contribution in [2.45, 2.75) is 33.4 Å². The first-order valence-corrected chi connectivity index (χ1v) is 6.47. The number of nitrogens with zero attached hydrogens (tertiary/aromatic N) is 1. The fourth-order valence-electron chi connectivity index (χ4n) is 2.29. The Balaban J connectivity index is 1.94. The molecule has 2 N–H and O–H groups in total. The van der Waals surface area contributed by atoms with Crippen molar-refractivity contribution in [3.05, 3.63) is 35.4 Å². The smallest absolute Gasteiger partial charge is 0.226 e. The van der Waals surface area contributed by atoms with E-state index in [1.807, 2.05) is 36.2 Å². The predicted octanol–water partition coefficient (Wildman–Crippen LogP) is 2.15. The van der Waals surface area contributed by atoms with Crippen LogP contribution in [0.3, 0.4) is 0 Å². The van der Waals surface area contributed by atoms with Crippen LogP contribution in [0.15, 0.2) is 24.3 Å². The van der Waals surface area contributed by atoms with Gasteiger partial charge >= 0.3 is 0 Å². The highest BCUT2D eigenvalue weighted by Crippen LogP contribution is 2.52. The Bertz CT molecular complexity index is 436. The summed E-state index contributed by atoms with van der Waals surface area (Å²) in [5, 5.41) is 0. The van der Waals surface area contributed by atoms with Gasteiger partial charge in [-0.25, -0.2) is 0 Å². The summed E-state index contributed by atoms with van der Waals surface area (Å²) >= 11 is 0. The molecule has 1 aromatic carbocycles. The molecule has 0 aliphatic heterocycles. The molecule has 1 aliphatic carbocycles. The SMILES string of the molecule is CN(Cc1ccc(CN)cc1)C(=O)C1CC1(C)C. The van der Waals surface area contributed by atoms with E-state index in [9.17, 15) is 4.79 Å². The van der Waals surface area contributed by atoms with Gasteiger partial charge in [-0.3, -0.25) is 4.79 Å². The van der Waals surface area contributed by atoms with Crippen LogP contribution in [0.4, 0.5) is 0 Å². The molecule has 1 aromatic rings. The summed E-state index contributed by atoms with van der Waals surface area (Å²) in [4.78, 5) is 14.0. The van der Waals surface area contributed by atoms with Gasteiger partial charge in [0.1, 0.15) is 0 Å². The molecular weight excluding hydrogens is 224 g/mol. The molecule has 1 fully saturated rings. The zero-order valence-electron chi connectivity index (χ0n) is 11.4. The highest BCUT2D eigenvalue weighted by atomic mass is 16.2. The first kappa shape index (κ1) is 13.1. The minimum absolute atomic E-state index is 0.203. The average Bonchev–Trinajstić information content (AvgIpc) is 2.98. The molecule has 1 saturated carbocycles. The van der Waals surface area contributed by atoms with Crippen LogP contribution in [0, 0.1) is 11.3 Å². The van der Waals surface area contributed by atoms with Gasteiger partial charge in [-0.05, 0) is 23.0 Å². The first-order chi connectivity index (χ1) is 8.44. The summed E-state index contributed by atoms with van der Waals surface area (Å²) in [6, 6.07) is 8.14. The number of hydrogen-bond acceptors (Lipinski definition) is 2. The number of nitrogens with two attached hydrogens (primary N) is 1. The Hall–Kier alpha value is -1.35. The lowest BCUT2D eigenvalue weighted by atomic mass is 10.1. The highest BCUT2D eigenvalue weighted by molar-refractivity contribution is 5.82. The molecule has 18 heavy (non-hydrogen) atoms. The Labute approximate surface area is 109 Å². The summed E-state index contributed by atoms with van der Waals surface area (Å²) < 4.78 is 0. The molecule has 0 saturated heterocycles. The van der Waals surface area contributed by atoms with Gasteiger partial charge in [0.25, 0.3) is 0 Å². The summed E-state index contributed by atoms with van der Waals surface area (Å²) in [6.07, 6.45) is 1.02. The van der Waals surface area contributed by atoms with Gasteiger partial charge in [0.15, 0.2) is 0 Å². The van der Waals surface area contributed by atoms with Crippen molar-refractivity contribution < 1.29 is 4.79 Å². The van der Waals surface area contributed by atoms with Crippen LogP contribution >= 0.6 is 0 Å². The number of benzene rings is 1. The van der Waals surface area contributed by atoms with Gasteiger partial charge in [-0.1, -0.05) is 38.1 Å². The fraction of sp³-hybridized carbons (Fsp3) is 0.533. The number of hydrogen-bond donors (Lipinski definition) is 1. The average molecular weight is 246 g/mol. The van der Waals surface area contributed by atoms with Crippen molar-refractivity contribution >= 4 is 5.91 Å². The van der Waals surface area contributed by atoms with E-state index >= 15 is 0 Å². The van der Waals surface area contributed by atoms with E-state index in [2.05, 4.69) is 13.8 Å². The zero-order chi connectivity index (χ0) is 13.3. The zero-order valence-corrected chi connectivity index (χ0v) is 11.4. The lowest BCUT2D eigenvalue weighted by Gasteiger charge is -2.18. The molecule has 3 nitrogen and oxygen atoms in total. The van der Waals surface area contributed by atoms with Crippen LogP contribution < -0.4 is 5.73 Å². The van der Waals surface area contributed by atoms with Crippen LogP contribution in [0.2, 0.25) is 0 Å². The summed E-state index contributed by atoms with van der Waals surface area (Å²) in [7, 11) is 1.88. The van der Waals surface area contributed by atoms with E-state index in [-0.39, 0.29) is 17.2 Å². The van der Waals surface area contributed by atoms with Crippen LogP contribution in [0.5, 0.6) is 0 Å². The summed E-state index contributed by atoms with van der Waals surface area (Å²) in [5.74, 6) is 0.480. The van der Waals surface area contributed by atoms with Gasteiger partial charge in [0, 0.05) is 26.1 Å². The quantitative estimate of drug-likeness (QED) is 0.885. The van der Waals surface area contributed by atoms with E-state index in [4.69, 9.17) is 5.73 Å². The van der Waals surface area contributed by atoms with Crippen molar-refractivity contribution in [2.75, 3.05) is 7.05 Å². The van der Waals surface area contributed by atoms with Gasteiger partial charge in [0.2, 0.25) is 5.91 Å². The van der Waals surface area contributed by atoms with Crippen molar-refractivity contribution in [1.82, 2.24) is 4.90 Å². The predicted molar refractivity (Wildman–Crippen MR) is 72.7 cm³/mol.